The molecule has 1 amide bonds. The average molecular weight is 406 g/mol. The van der Waals surface area contributed by atoms with Gasteiger partial charge in [-0.15, -0.1) is 0 Å². The highest BCUT2D eigenvalue weighted by atomic mass is 35.5. The number of carbonyl (C=O) groups is 1. The Labute approximate surface area is 161 Å². The van der Waals surface area contributed by atoms with Gasteiger partial charge in [-0.25, -0.2) is 13.2 Å². The number of para-hydroxylation sites is 1. The molecule has 8 heteroatoms. The van der Waals surface area contributed by atoms with Gasteiger partial charge in [0, 0.05) is 11.6 Å². The van der Waals surface area contributed by atoms with Crippen LogP contribution in [0, 0.1) is 0 Å². The Kier molecular flexibility index (Phi) is 5.83. The number of rotatable bonds is 6. The number of hydrogen-bond acceptors (Lipinski definition) is 5. The molecule has 3 rings (SSSR count). The second kappa shape index (κ2) is 8.28. The van der Waals surface area contributed by atoms with Crippen molar-refractivity contribution in [1.29, 1.82) is 0 Å². The average Bonchev–Trinajstić information content (AvgIpc) is 3.17. The van der Waals surface area contributed by atoms with E-state index >= 15 is 0 Å². The van der Waals surface area contributed by atoms with Gasteiger partial charge in [-0.1, -0.05) is 29.8 Å². The number of ether oxygens (including phenoxy) is 1. The number of hydrogen-bond donors (Lipinski definition) is 1. The van der Waals surface area contributed by atoms with Crippen molar-refractivity contribution >= 4 is 27.5 Å². The van der Waals surface area contributed by atoms with Crippen LogP contribution in [0.3, 0.4) is 0 Å². The summed E-state index contributed by atoms with van der Waals surface area (Å²) in [4.78, 5) is 12.1. The van der Waals surface area contributed by atoms with E-state index in [-0.39, 0.29) is 17.2 Å². The molecule has 3 aromatic rings. The van der Waals surface area contributed by atoms with E-state index in [1.54, 1.807) is 42.5 Å². The molecule has 140 valence electrons. The zero-order valence-electron chi connectivity index (χ0n) is 14.0. The molecule has 1 heterocycles. The quantitative estimate of drug-likeness (QED) is 0.663. The predicted octanol–water partition coefficient (Wildman–Crippen LogP) is 4.24. The lowest BCUT2D eigenvalue weighted by molar-refractivity contribution is 0.200. The number of nitrogens with one attached hydrogen (secondary N) is 1. The Morgan fingerprint density at radius 2 is 1.74 bits per heavy atom. The van der Waals surface area contributed by atoms with Crippen molar-refractivity contribution in [3.8, 4) is 5.75 Å². The second-order valence-corrected chi connectivity index (χ2v) is 8.15. The van der Waals surface area contributed by atoms with Crippen LogP contribution in [0.1, 0.15) is 11.0 Å². The molecule has 0 aliphatic heterocycles. The normalized spacial score (nSPS) is 12.3. The van der Waals surface area contributed by atoms with Crippen LogP contribution in [-0.2, 0) is 9.84 Å². The summed E-state index contributed by atoms with van der Waals surface area (Å²) in [5, 5.41) is 1.79. The van der Waals surface area contributed by atoms with Crippen LogP contribution >= 0.6 is 11.6 Å². The van der Waals surface area contributed by atoms with Crippen LogP contribution in [-0.4, -0.2) is 21.1 Å². The van der Waals surface area contributed by atoms with E-state index in [0.29, 0.717) is 10.8 Å². The molecular weight excluding hydrogens is 390 g/mol. The third-order valence-electron chi connectivity index (χ3n) is 3.76. The highest BCUT2D eigenvalue weighted by Gasteiger charge is 2.32. The van der Waals surface area contributed by atoms with E-state index in [1.165, 1.54) is 30.5 Å². The van der Waals surface area contributed by atoms with Crippen molar-refractivity contribution in [2.75, 3.05) is 6.54 Å². The summed E-state index contributed by atoms with van der Waals surface area (Å²) in [6.07, 6.45) is 0.617. The molecule has 1 atom stereocenters. The molecule has 2 aromatic carbocycles. The summed E-state index contributed by atoms with van der Waals surface area (Å²) in [7, 11) is -3.83. The summed E-state index contributed by atoms with van der Waals surface area (Å²) in [6.45, 7) is -0.218. The molecule has 0 aliphatic carbocycles. The van der Waals surface area contributed by atoms with E-state index < -0.39 is 21.2 Å². The van der Waals surface area contributed by atoms with E-state index in [9.17, 15) is 13.2 Å². The highest BCUT2D eigenvalue weighted by Crippen LogP contribution is 2.29. The SMILES string of the molecule is O=C(NCC(c1ccco1)S(=O)(=O)c1ccc(Cl)cc1)Oc1ccccc1. The fourth-order valence-corrected chi connectivity index (χ4v) is 4.15. The van der Waals surface area contributed by atoms with Crippen LogP contribution in [0.15, 0.2) is 82.3 Å². The summed E-state index contributed by atoms with van der Waals surface area (Å²) < 4.78 is 36.4. The molecule has 1 aromatic heterocycles. The van der Waals surface area contributed by atoms with Crippen molar-refractivity contribution in [2.24, 2.45) is 0 Å². The summed E-state index contributed by atoms with van der Waals surface area (Å²) in [6, 6.07) is 17.4. The van der Waals surface area contributed by atoms with E-state index in [4.69, 9.17) is 20.8 Å². The number of amides is 1. The lowest BCUT2D eigenvalue weighted by atomic mass is 10.3. The Bertz CT molecular complexity index is 986. The monoisotopic (exact) mass is 405 g/mol. The van der Waals surface area contributed by atoms with Crippen LogP contribution < -0.4 is 10.1 Å². The maximum Gasteiger partial charge on any atom is 0.412 e. The van der Waals surface area contributed by atoms with Crippen LogP contribution in [0.2, 0.25) is 5.02 Å². The third-order valence-corrected chi connectivity index (χ3v) is 6.09. The van der Waals surface area contributed by atoms with Crippen molar-refractivity contribution in [1.82, 2.24) is 5.32 Å². The van der Waals surface area contributed by atoms with Gasteiger partial charge in [0.1, 0.15) is 16.8 Å². The molecule has 0 radical (unpaired) electrons. The number of benzene rings is 2. The Morgan fingerprint density at radius 1 is 1.04 bits per heavy atom. The predicted molar refractivity (Wildman–Crippen MR) is 101 cm³/mol. The molecule has 0 saturated heterocycles. The van der Waals surface area contributed by atoms with Gasteiger partial charge in [0.25, 0.3) is 0 Å². The maximum absolute atomic E-state index is 13.0. The van der Waals surface area contributed by atoms with Crippen LogP contribution in [0.25, 0.3) is 0 Å². The topological polar surface area (TPSA) is 85.6 Å². The lowest BCUT2D eigenvalue weighted by Crippen LogP contribution is -2.33. The largest absolute Gasteiger partial charge is 0.468 e. The van der Waals surface area contributed by atoms with Crippen molar-refractivity contribution in [3.63, 3.8) is 0 Å². The van der Waals surface area contributed by atoms with Gasteiger partial charge >= 0.3 is 6.09 Å². The zero-order chi connectivity index (χ0) is 19.3. The molecule has 1 unspecified atom stereocenters. The van der Waals surface area contributed by atoms with Crippen molar-refractivity contribution in [2.45, 2.75) is 10.1 Å². The fraction of sp³-hybridized carbons (Fsp3) is 0.105. The number of carbonyl (C=O) groups excluding carboxylic acids is 1. The number of halogens is 1. The lowest BCUT2D eigenvalue weighted by Gasteiger charge is -2.16. The molecular formula is C19H16ClNO5S. The zero-order valence-corrected chi connectivity index (χ0v) is 15.6. The Balaban J connectivity index is 1.78. The molecule has 0 saturated carbocycles. The van der Waals surface area contributed by atoms with Gasteiger partial charge in [0.15, 0.2) is 9.84 Å². The van der Waals surface area contributed by atoms with E-state index in [1.807, 2.05) is 0 Å². The van der Waals surface area contributed by atoms with E-state index in [0.717, 1.165) is 0 Å². The van der Waals surface area contributed by atoms with Gasteiger partial charge in [0.05, 0.1) is 11.2 Å². The Hall–Kier alpha value is -2.77. The molecule has 0 aliphatic rings. The van der Waals surface area contributed by atoms with Gasteiger partial charge in [-0.3, -0.25) is 0 Å². The van der Waals surface area contributed by atoms with Gasteiger partial charge < -0.3 is 14.5 Å². The van der Waals surface area contributed by atoms with Gasteiger partial charge in [0.2, 0.25) is 0 Å². The number of sulfone groups is 1. The van der Waals surface area contributed by atoms with Gasteiger partial charge in [-0.05, 0) is 48.5 Å². The van der Waals surface area contributed by atoms with Crippen molar-refractivity contribution in [3.05, 3.63) is 83.8 Å². The van der Waals surface area contributed by atoms with Gasteiger partial charge in [-0.2, -0.15) is 0 Å². The minimum atomic E-state index is -3.83. The van der Waals surface area contributed by atoms with Crippen LogP contribution in [0.4, 0.5) is 4.79 Å². The molecule has 27 heavy (non-hydrogen) atoms. The van der Waals surface area contributed by atoms with Crippen molar-refractivity contribution < 1.29 is 22.4 Å². The summed E-state index contributed by atoms with van der Waals surface area (Å²) in [5.41, 5.74) is 0. The van der Waals surface area contributed by atoms with E-state index in [2.05, 4.69) is 5.32 Å². The molecule has 1 N–H and O–H groups in total. The summed E-state index contributed by atoms with van der Waals surface area (Å²) in [5.74, 6) is 0.565. The second-order valence-electron chi connectivity index (χ2n) is 5.59. The first kappa shape index (κ1) is 19.0. The third kappa shape index (κ3) is 4.69. The minimum Gasteiger partial charge on any atom is -0.468 e. The molecule has 0 spiro atoms. The fourth-order valence-electron chi connectivity index (χ4n) is 2.43. The minimum absolute atomic E-state index is 0.0755. The summed E-state index contributed by atoms with van der Waals surface area (Å²) >= 11 is 5.83. The highest BCUT2D eigenvalue weighted by molar-refractivity contribution is 7.91. The first-order valence-electron chi connectivity index (χ1n) is 8.00. The Morgan fingerprint density at radius 3 is 2.37 bits per heavy atom. The smallest absolute Gasteiger partial charge is 0.412 e. The standard InChI is InChI=1S/C19H16ClNO5S/c20-14-8-10-16(11-9-14)27(23,24)18(17-7-4-12-25-17)13-21-19(22)26-15-5-2-1-3-6-15/h1-12,18H,13H2,(H,21,22). The first-order valence-corrected chi connectivity index (χ1v) is 9.93. The van der Waals surface area contributed by atoms with Crippen LogP contribution in [0.5, 0.6) is 5.75 Å². The molecule has 6 nitrogen and oxygen atoms in total. The number of furan rings is 1. The molecule has 0 fully saturated rings. The molecule has 0 bridgehead atoms. The maximum atomic E-state index is 13.0. The first-order chi connectivity index (χ1) is 13.0.